The second-order valence-corrected chi connectivity index (χ2v) is 11.1. The van der Waals surface area contributed by atoms with Gasteiger partial charge in [0.15, 0.2) is 0 Å². The molecule has 2 bridgehead atoms. The number of hydrogen-bond acceptors (Lipinski definition) is 4. The van der Waals surface area contributed by atoms with E-state index in [9.17, 15) is 4.79 Å². The van der Waals surface area contributed by atoms with E-state index in [4.69, 9.17) is 14.2 Å². The molecule has 4 heteroatoms. The van der Waals surface area contributed by atoms with Gasteiger partial charge in [-0.3, -0.25) is 4.79 Å². The molecular weight excluding hydrogens is 352 g/mol. The maximum atomic E-state index is 14.0. The Hall–Kier alpha value is -0.450. The molecule has 2 unspecified atom stereocenters. The molecule has 28 heavy (non-hydrogen) atoms. The van der Waals surface area contributed by atoms with E-state index in [1.165, 1.54) is 19.3 Å². The van der Waals surface area contributed by atoms with Crippen molar-refractivity contribution in [1.29, 1.82) is 0 Å². The topological polar surface area (TPSA) is 44.8 Å². The van der Waals surface area contributed by atoms with Gasteiger partial charge in [0.2, 0.25) is 0 Å². The van der Waals surface area contributed by atoms with Crippen LogP contribution in [0, 0.1) is 39.9 Å². The Morgan fingerprint density at radius 1 is 1.14 bits per heavy atom. The zero-order chi connectivity index (χ0) is 20.3. The highest BCUT2D eigenvalue weighted by Gasteiger charge is 2.76. The highest BCUT2D eigenvalue weighted by molar-refractivity contribution is 5.87. The third-order valence-electron chi connectivity index (χ3n) is 9.26. The van der Waals surface area contributed by atoms with Gasteiger partial charge in [-0.05, 0) is 68.1 Å². The lowest BCUT2D eigenvalue weighted by Crippen LogP contribution is -2.57. The van der Waals surface area contributed by atoms with Crippen LogP contribution in [0.2, 0.25) is 0 Å². The lowest BCUT2D eigenvalue weighted by molar-refractivity contribution is -0.183. The first-order valence-electron chi connectivity index (χ1n) is 11.4. The van der Waals surface area contributed by atoms with Crippen LogP contribution in [0.5, 0.6) is 0 Å². The summed E-state index contributed by atoms with van der Waals surface area (Å²) in [6.07, 6.45) is 8.03. The van der Waals surface area contributed by atoms with Gasteiger partial charge in [-0.25, -0.2) is 0 Å². The lowest BCUT2D eigenvalue weighted by atomic mass is 9.50. The molecule has 1 spiro atoms. The first kappa shape index (κ1) is 20.8. The van der Waals surface area contributed by atoms with Gasteiger partial charge in [0.1, 0.15) is 12.6 Å². The standard InChI is InChI=1S/C24H40O4/c1-15(2)11-22(4)13-19(28-14-26-5)24-12-17(24)7-9-23(16(3)21(22)25)10-8-18(27-6)20(23)24/h15-20H,7-14H2,1-6H3/t16-,17-,18+,19+,20?,22+,23?,24-/m0/s1. The van der Waals surface area contributed by atoms with E-state index in [-0.39, 0.29) is 34.4 Å². The number of carbonyl (C=O) groups excluding carboxylic acids is 1. The molecule has 0 saturated heterocycles. The van der Waals surface area contributed by atoms with E-state index < -0.39 is 0 Å². The fourth-order valence-corrected chi connectivity index (χ4v) is 8.31. The van der Waals surface area contributed by atoms with E-state index >= 15 is 0 Å². The Kier molecular flexibility index (Phi) is 5.25. The summed E-state index contributed by atoms with van der Waals surface area (Å²) in [7, 11) is 3.57. The molecule has 4 saturated carbocycles. The summed E-state index contributed by atoms with van der Waals surface area (Å²) in [4.78, 5) is 14.0. The molecule has 8 atom stereocenters. The van der Waals surface area contributed by atoms with Crippen molar-refractivity contribution in [3.63, 3.8) is 0 Å². The fourth-order valence-electron chi connectivity index (χ4n) is 8.31. The third kappa shape index (κ3) is 2.77. The Morgan fingerprint density at radius 3 is 2.50 bits per heavy atom. The molecule has 4 aliphatic rings. The number of methoxy groups -OCH3 is 2. The van der Waals surface area contributed by atoms with Gasteiger partial charge in [0.05, 0.1) is 12.2 Å². The van der Waals surface area contributed by atoms with Crippen molar-refractivity contribution < 1.29 is 19.0 Å². The van der Waals surface area contributed by atoms with Crippen molar-refractivity contribution in [2.45, 2.75) is 84.8 Å². The zero-order valence-electron chi connectivity index (χ0n) is 18.8. The molecule has 0 heterocycles. The Labute approximate surface area is 171 Å². The van der Waals surface area contributed by atoms with Crippen LogP contribution < -0.4 is 0 Å². The van der Waals surface area contributed by atoms with Gasteiger partial charge in [-0.1, -0.05) is 27.7 Å². The van der Waals surface area contributed by atoms with E-state index in [0.717, 1.165) is 31.6 Å². The summed E-state index contributed by atoms with van der Waals surface area (Å²) in [6, 6.07) is 0. The van der Waals surface area contributed by atoms with Gasteiger partial charge >= 0.3 is 0 Å². The number of Topliss-reactive ketones (excluding diaryl/α,β-unsaturated/α-hetero) is 1. The first-order valence-corrected chi connectivity index (χ1v) is 11.4. The summed E-state index contributed by atoms with van der Waals surface area (Å²) in [5, 5.41) is 0. The van der Waals surface area contributed by atoms with E-state index in [1.807, 2.05) is 7.11 Å². The average Bonchev–Trinajstić information content (AvgIpc) is 3.28. The Morgan fingerprint density at radius 2 is 1.86 bits per heavy atom. The Bertz CT molecular complexity index is 618. The lowest BCUT2D eigenvalue weighted by Gasteiger charge is -2.55. The quantitative estimate of drug-likeness (QED) is 0.606. The highest BCUT2D eigenvalue weighted by atomic mass is 16.7. The first-order chi connectivity index (χ1) is 13.2. The maximum Gasteiger partial charge on any atom is 0.146 e. The van der Waals surface area contributed by atoms with Crippen molar-refractivity contribution in [3.05, 3.63) is 0 Å². The largest absolute Gasteiger partial charge is 0.381 e. The van der Waals surface area contributed by atoms with Crippen LogP contribution in [-0.4, -0.2) is 39.0 Å². The molecule has 4 rings (SSSR count). The third-order valence-corrected chi connectivity index (χ3v) is 9.26. The van der Waals surface area contributed by atoms with Crippen LogP contribution in [0.3, 0.4) is 0 Å². The molecule has 0 aromatic carbocycles. The number of hydrogen-bond donors (Lipinski definition) is 0. The van der Waals surface area contributed by atoms with E-state index in [2.05, 4.69) is 27.7 Å². The number of rotatable bonds is 6. The van der Waals surface area contributed by atoms with Crippen molar-refractivity contribution >= 4 is 5.78 Å². The summed E-state index contributed by atoms with van der Waals surface area (Å²) < 4.78 is 17.8. The average molecular weight is 393 g/mol. The minimum absolute atomic E-state index is 0.0953. The smallest absolute Gasteiger partial charge is 0.146 e. The minimum atomic E-state index is -0.313. The zero-order valence-corrected chi connectivity index (χ0v) is 18.8. The normalized spacial score (nSPS) is 50.1. The number of carbonyl (C=O) groups is 1. The molecule has 4 fully saturated rings. The van der Waals surface area contributed by atoms with E-state index in [0.29, 0.717) is 24.4 Å². The van der Waals surface area contributed by atoms with Crippen molar-refractivity contribution in [3.8, 4) is 0 Å². The van der Waals surface area contributed by atoms with E-state index in [1.54, 1.807) is 7.11 Å². The molecule has 0 radical (unpaired) electrons. The monoisotopic (exact) mass is 392 g/mol. The number of ether oxygens (including phenoxy) is 3. The molecule has 0 aliphatic heterocycles. The van der Waals surface area contributed by atoms with Crippen LogP contribution in [0.4, 0.5) is 0 Å². The van der Waals surface area contributed by atoms with Crippen molar-refractivity contribution in [1.82, 2.24) is 0 Å². The SMILES string of the molecule is COCO[C@@H]1C[C@@](C)(CC(C)C)C(=O)[C@H](C)C23CC[C@H]4C[C@]41C2[C@H](OC)CC3. The van der Waals surface area contributed by atoms with Crippen LogP contribution in [0.1, 0.15) is 72.6 Å². The van der Waals surface area contributed by atoms with Crippen molar-refractivity contribution in [2.75, 3.05) is 21.0 Å². The summed E-state index contributed by atoms with van der Waals surface area (Å²) in [6.45, 7) is 9.27. The Balaban J connectivity index is 1.81. The molecule has 0 aromatic heterocycles. The second kappa shape index (κ2) is 7.06. The molecule has 160 valence electrons. The maximum absolute atomic E-state index is 14.0. The number of ketones is 1. The summed E-state index contributed by atoms with van der Waals surface area (Å²) in [5.41, 5.74) is -0.0359. The summed E-state index contributed by atoms with van der Waals surface area (Å²) >= 11 is 0. The predicted octanol–water partition coefficient (Wildman–Crippen LogP) is 4.85. The van der Waals surface area contributed by atoms with Gasteiger partial charge in [-0.2, -0.15) is 0 Å². The summed E-state index contributed by atoms with van der Waals surface area (Å²) in [5.74, 6) is 2.27. The molecular formula is C24H40O4. The highest BCUT2D eigenvalue weighted by Crippen LogP contribution is 2.78. The van der Waals surface area contributed by atoms with Gasteiger partial charge in [-0.15, -0.1) is 0 Å². The molecule has 4 aliphatic carbocycles. The molecule has 0 aromatic rings. The second-order valence-electron chi connectivity index (χ2n) is 11.1. The van der Waals surface area contributed by atoms with Gasteiger partial charge < -0.3 is 14.2 Å². The fraction of sp³-hybridized carbons (Fsp3) is 0.958. The molecule has 0 amide bonds. The predicted molar refractivity (Wildman–Crippen MR) is 109 cm³/mol. The minimum Gasteiger partial charge on any atom is -0.381 e. The molecule has 0 N–H and O–H groups in total. The van der Waals surface area contributed by atoms with Gasteiger partial charge in [0, 0.05) is 31.0 Å². The van der Waals surface area contributed by atoms with Crippen LogP contribution in [0.15, 0.2) is 0 Å². The van der Waals surface area contributed by atoms with Crippen LogP contribution >= 0.6 is 0 Å². The van der Waals surface area contributed by atoms with Gasteiger partial charge in [0.25, 0.3) is 0 Å². The van der Waals surface area contributed by atoms with Crippen LogP contribution in [-0.2, 0) is 19.0 Å². The van der Waals surface area contributed by atoms with Crippen molar-refractivity contribution in [2.24, 2.45) is 39.9 Å². The van der Waals surface area contributed by atoms with Crippen LogP contribution in [0.25, 0.3) is 0 Å². The molecule has 4 nitrogen and oxygen atoms in total.